The average Bonchev–Trinajstić information content (AvgIpc) is 3.00. The fourth-order valence-electron chi connectivity index (χ4n) is 2.76. The van der Waals surface area contributed by atoms with Crippen LogP contribution in [0.15, 0.2) is 46.2 Å². The Hall–Kier alpha value is -2.43. The van der Waals surface area contributed by atoms with Crippen LogP contribution in [-0.4, -0.2) is 35.3 Å². The van der Waals surface area contributed by atoms with Gasteiger partial charge in [0.1, 0.15) is 17.1 Å². The van der Waals surface area contributed by atoms with Crippen LogP contribution in [0.3, 0.4) is 0 Å². The Balaban J connectivity index is 1.92. The number of pyridine rings is 1. The zero-order valence-electron chi connectivity index (χ0n) is 17.0. The van der Waals surface area contributed by atoms with E-state index < -0.39 is 13.9 Å². The van der Waals surface area contributed by atoms with Crippen molar-refractivity contribution in [1.82, 2.24) is 9.55 Å². The Morgan fingerprint density at radius 3 is 2.77 bits per heavy atom. The predicted molar refractivity (Wildman–Crippen MR) is 121 cm³/mol. The third kappa shape index (κ3) is 5.38. The molecule has 0 spiro atoms. The molecule has 2 aromatic heterocycles. The van der Waals surface area contributed by atoms with Gasteiger partial charge in [-0.25, -0.2) is 9.37 Å². The van der Waals surface area contributed by atoms with E-state index in [0.29, 0.717) is 34.8 Å². The van der Waals surface area contributed by atoms with Crippen LogP contribution in [0.4, 0.5) is 4.39 Å². The largest absolute Gasteiger partial charge is 0.441 e. The smallest absolute Gasteiger partial charge is 0.204 e. The van der Waals surface area contributed by atoms with E-state index >= 15 is 0 Å². The summed E-state index contributed by atoms with van der Waals surface area (Å²) in [5.41, 5.74) is 7.30. The molecule has 3 aromatic rings. The summed E-state index contributed by atoms with van der Waals surface area (Å²) >= 11 is 3.12. The first-order chi connectivity index (χ1) is 14.2. The summed E-state index contributed by atoms with van der Waals surface area (Å²) in [5.74, 6) is 0.428. The Bertz CT molecular complexity index is 1080. The van der Waals surface area contributed by atoms with Gasteiger partial charge >= 0.3 is 0 Å². The zero-order valence-corrected chi connectivity index (χ0v) is 19.6. The molecule has 0 aliphatic carbocycles. The third-order valence-corrected chi connectivity index (χ3v) is 6.70. The molecule has 0 aliphatic rings. The van der Waals surface area contributed by atoms with Gasteiger partial charge in [-0.05, 0) is 34.1 Å². The number of ether oxygens (including phenoxy) is 2. The number of nitrogens with zero attached hydrogens (tertiary/aromatic N) is 3. The summed E-state index contributed by atoms with van der Waals surface area (Å²) in [6, 6.07) is 11.0. The molecule has 160 valence electrons. The third-order valence-electron chi connectivity index (χ3n) is 4.44. The van der Waals surface area contributed by atoms with Crippen LogP contribution in [0.5, 0.6) is 11.6 Å². The van der Waals surface area contributed by atoms with Gasteiger partial charge in [0.2, 0.25) is 5.88 Å². The van der Waals surface area contributed by atoms with Gasteiger partial charge in [0.25, 0.3) is 0 Å². The van der Waals surface area contributed by atoms with Crippen LogP contribution in [-0.2, 0) is 11.5 Å². The van der Waals surface area contributed by atoms with Gasteiger partial charge in [-0.1, -0.05) is 36.9 Å². The Morgan fingerprint density at radius 1 is 1.30 bits per heavy atom. The molecule has 0 radical (unpaired) electrons. The standard InChI is InChI=1S/C20H24BrFN4O3Si/c1-30(2,3)8-7-28-12-26-17-10-15(22)19(21)24-16(17)11-18(26)29-14-6-4-5-13(9-14)20(23)25-27/h4-6,9-11,27H,7-8,12H2,1-3H3,(H2,23,25). The second-order valence-corrected chi connectivity index (χ2v) is 14.4. The van der Waals surface area contributed by atoms with Crippen molar-refractivity contribution in [2.24, 2.45) is 10.9 Å². The topological polar surface area (TPSA) is 94.9 Å². The van der Waals surface area contributed by atoms with Crippen molar-refractivity contribution in [3.63, 3.8) is 0 Å². The molecular formula is C20H24BrFN4O3Si. The van der Waals surface area contributed by atoms with Gasteiger partial charge in [0.05, 0.1) is 11.0 Å². The van der Waals surface area contributed by atoms with E-state index in [1.807, 2.05) is 0 Å². The van der Waals surface area contributed by atoms with Gasteiger partial charge < -0.3 is 20.4 Å². The lowest BCUT2D eigenvalue weighted by molar-refractivity contribution is 0.0858. The number of rotatable bonds is 8. The van der Waals surface area contributed by atoms with Crippen LogP contribution < -0.4 is 10.5 Å². The van der Waals surface area contributed by atoms with Crippen LogP contribution in [0.25, 0.3) is 11.0 Å². The fraction of sp³-hybridized carbons (Fsp3) is 0.300. The minimum Gasteiger partial charge on any atom is -0.441 e. The molecule has 0 saturated carbocycles. The monoisotopic (exact) mass is 494 g/mol. The minimum absolute atomic E-state index is 0.0247. The average molecular weight is 495 g/mol. The summed E-state index contributed by atoms with van der Waals surface area (Å²) < 4.78 is 27.9. The molecule has 2 heterocycles. The number of hydrogen-bond acceptors (Lipinski definition) is 5. The molecular weight excluding hydrogens is 471 g/mol. The second kappa shape index (κ2) is 9.15. The van der Waals surface area contributed by atoms with Crippen molar-refractivity contribution < 1.29 is 19.1 Å². The lowest BCUT2D eigenvalue weighted by Crippen LogP contribution is -2.22. The molecule has 0 saturated heterocycles. The van der Waals surface area contributed by atoms with Crippen molar-refractivity contribution >= 4 is 40.9 Å². The van der Waals surface area contributed by atoms with E-state index in [-0.39, 0.29) is 17.2 Å². The van der Waals surface area contributed by atoms with Gasteiger partial charge in [-0.15, -0.1) is 0 Å². The van der Waals surface area contributed by atoms with Crippen LogP contribution in [0.2, 0.25) is 25.7 Å². The molecule has 7 nitrogen and oxygen atoms in total. The number of oxime groups is 1. The highest BCUT2D eigenvalue weighted by molar-refractivity contribution is 9.10. The Labute approximate surface area is 183 Å². The molecule has 30 heavy (non-hydrogen) atoms. The number of halogens is 2. The van der Waals surface area contributed by atoms with E-state index in [9.17, 15) is 4.39 Å². The molecule has 0 unspecified atom stereocenters. The van der Waals surface area contributed by atoms with Crippen molar-refractivity contribution in [3.8, 4) is 11.6 Å². The number of hydrogen-bond donors (Lipinski definition) is 2. The molecule has 0 fully saturated rings. The lowest BCUT2D eigenvalue weighted by Gasteiger charge is -2.17. The van der Waals surface area contributed by atoms with Crippen molar-refractivity contribution in [2.45, 2.75) is 32.4 Å². The minimum atomic E-state index is -1.23. The summed E-state index contributed by atoms with van der Waals surface area (Å²) in [7, 11) is -1.23. The number of aromatic nitrogens is 2. The summed E-state index contributed by atoms with van der Waals surface area (Å²) in [4.78, 5) is 4.24. The van der Waals surface area contributed by atoms with Gasteiger partial charge in [0.15, 0.2) is 11.7 Å². The number of amidine groups is 1. The van der Waals surface area contributed by atoms with Crippen LogP contribution in [0.1, 0.15) is 5.56 Å². The van der Waals surface area contributed by atoms with E-state index in [1.165, 1.54) is 6.07 Å². The first-order valence-electron chi connectivity index (χ1n) is 9.37. The Kier molecular flexibility index (Phi) is 6.79. The first-order valence-corrected chi connectivity index (χ1v) is 13.9. The lowest BCUT2D eigenvalue weighted by atomic mass is 10.2. The Morgan fingerprint density at radius 2 is 2.07 bits per heavy atom. The summed E-state index contributed by atoms with van der Waals surface area (Å²) in [6.45, 7) is 7.65. The van der Waals surface area contributed by atoms with Crippen molar-refractivity contribution in [2.75, 3.05) is 6.61 Å². The van der Waals surface area contributed by atoms with E-state index in [1.54, 1.807) is 34.9 Å². The highest BCUT2D eigenvalue weighted by Crippen LogP contribution is 2.31. The normalized spacial score (nSPS) is 12.5. The van der Waals surface area contributed by atoms with Crippen LogP contribution in [0, 0.1) is 5.82 Å². The molecule has 0 amide bonds. The zero-order chi connectivity index (χ0) is 21.9. The number of benzene rings is 1. The van der Waals surface area contributed by atoms with Gasteiger partial charge in [-0.2, -0.15) is 0 Å². The number of nitrogens with two attached hydrogens (primary N) is 1. The molecule has 0 atom stereocenters. The molecule has 3 rings (SSSR count). The molecule has 0 bridgehead atoms. The predicted octanol–water partition coefficient (Wildman–Crippen LogP) is 5.14. The van der Waals surface area contributed by atoms with E-state index in [0.717, 1.165) is 6.04 Å². The van der Waals surface area contributed by atoms with E-state index in [2.05, 4.69) is 45.7 Å². The molecule has 10 heteroatoms. The maximum absolute atomic E-state index is 14.1. The molecule has 0 aliphatic heterocycles. The van der Waals surface area contributed by atoms with Gasteiger partial charge in [-0.3, -0.25) is 4.57 Å². The maximum Gasteiger partial charge on any atom is 0.204 e. The summed E-state index contributed by atoms with van der Waals surface area (Å²) in [6.07, 6.45) is 0. The first kappa shape index (κ1) is 22.3. The summed E-state index contributed by atoms with van der Waals surface area (Å²) in [5, 5.41) is 11.9. The highest BCUT2D eigenvalue weighted by atomic mass is 79.9. The van der Waals surface area contributed by atoms with Crippen LogP contribution >= 0.6 is 15.9 Å². The van der Waals surface area contributed by atoms with Crippen molar-refractivity contribution in [3.05, 3.63) is 52.4 Å². The van der Waals surface area contributed by atoms with Crippen molar-refractivity contribution in [1.29, 1.82) is 0 Å². The quantitative estimate of drug-likeness (QED) is 0.0859. The SMILES string of the molecule is C[Si](C)(C)CCOCn1c(Oc2cccc(/C(N)=N/O)c2)cc2nc(Br)c(F)cc21. The highest BCUT2D eigenvalue weighted by Gasteiger charge is 2.17. The maximum atomic E-state index is 14.1. The van der Waals surface area contributed by atoms with Gasteiger partial charge in [0, 0.05) is 32.4 Å². The second-order valence-electron chi connectivity index (χ2n) is 8.04. The molecule has 1 aromatic carbocycles. The number of fused-ring (bicyclic) bond motifs is 1. The van der Waals surface area contributed by atoms with E-state index in [4.69, 9.17) is 20.4 Å². The molecule has 3 N–H and O–H groups in total. The fourth-order valence-corrected chi connectivity index (χ4v) is 3.82.